The van der Waals surface area contributed by atoms with Crippen molar-refractivity contribution < 1.29 is 22.7 Å². The van der Waals surface area contributed by atoms with Crippen LogP contribution < -0.4 is 10.1 Å². The lowest BCUT2D eigenvalue weighted by molar-refractivity contribution is -0.274. The zero-order valence-corrected chi connectivity index (χ0v) is 14.1. The standard InChI is InChI=1S/C18H13F3N2O2S/c19-18(20,21)25-14-8-6-13(7-9-14)22-16(24)11-26-17-10-5-12-3-1-2-4-15(12)23-17/h1-10H,11H2,(H,22,24). The third kappa shape index (κ3) is 5.13. The minimum Gasteiger partial charge on any atom is -0.406 e. The fourth-order valence-corrected chi connectivity index (χ4v) is 2.88. The number of halogens is 3. The second kappa shape index (κ2) is 7.65. The Bertz CT molecular complexity index is 914. The second-order valence-corrected chi connectivity index (χ2v) is 6.25. The average molecular weight is 378 g/mol. The van der Waals surface area contributed by atoms with Crippen LogP contribution in [0.25, 0.3) is 10.9 Å². The van der Waals surface area contributed by atoms with Crippen LogP contribution in [-0.4, -0.2) is 23.0 Å². The number of nitrogens with zero attached hydrogens (tertiary/aromatic N) is 1. The minimum absolute atomic E-state index is 0.131. The molecule has 134 valence electrons. The summed E-state index contributed by atoms with van der Waals surface area (Å²) in [7, 11) is 0. The van der Waals surface area contributed by atoms with Crippen molar-refractivity contribution >= 4 is 34.3 Å². The summed E-state index contributed by atoms with van der Waals surface area (Å²) < 4.78 is 40.1. The lowest BCUT2D eigenvalue weighted by Gasteiger charge is -2.10. The maximum absolute atomic E-state index is 12.1. The van der Waals surface area contributed by atoms with Crippen LogP contribution in [-0.2, 0) is 4.79 Å². The van der Waals surface area contributed by atoms with Crippen molar-refractivity contribution in [1.29, 1.82) is 0 Å². The summed E-state index contributed by atoms with van der Waals surface area (Å²) in [5.74, 6) is -0.494. The molecule has 1 heterocycles. The molecule has 26 heavy (non-hydrogen) atoms. The summed E-state index contributed by atoms with van der Waals surface area (Å²) in [6.07, 6.45) is -4.74. The van der Waals surface area contributed by atoms with Gasteiger partial charge in [0.25, 0.3) is 0 Å². The molecule has 0 bridgehead atoms. The van der Waals surface area contributed by atoms with E-state index in [1.165, 1.54) is 23.9 Å². The van der Waals surface area contributed by atoms with Gasteiger partial charge >= 0.3 is 6.36 Å². The number of alkyl halides is 3. The normalized spacial score (nSPS) is 11.3. The van der Waals surface area contributed by atoms with Crippen molar-refractivity contribution in [2.24, 2.45) is 0 Å². The first-order chi connectivity index (χ1) is 12.4. The van der Waals surface area contributed by atoms with Crippen LogP contribution in [0.2, 0.25) is 0 Å². The Morgan fingerprint density at radius 3 is 2.50 bits per heavy atom. The quantitative estimate of drug-likeness (QED) is 0.644. The van der Waals surface area contributed by atoms with E-state index in [2.05, 4.69) is 15.0 Å². The summed E-state index contributed by atoms with van der Waals surface area (Å²) in [6, 6.07) is 16.4. The third-order valence-electron chi connectivity index (χ3n) is 3.30. The molecule has 0 radical (unpaired) electrons. The zero-order chi connectivity index (χ0) is 18.6. The number of ether oxygens (including phenoxy) is 1. The number of thioether (sulfide) groups is 1. The van der Waals surface area contributed by atoms with E-state index in [1.54, 1.807) is 0 Å². The molecule has 0 aliphatic heterocycles. The molecular weight excluding hydrogens is 365 g/mol. The molecule has 4 nitrogen and oxygen atoms in total. The summed E-state index contributed by atoms with van der Waals surface area (Å²) >= 11 is 1.28. The Hall–Kier alpha value is -2.74. The number of aromatic nitrogens is 1. The number of hydrogen-bond donors (Lipinski definition) is 1. The number of anilines is 1. The number of nitrogens with one attached hydrogen (secondary N) is 1. The first-order valence-corrected chi connectivity index (χ1v) is 8.52. The highest BCUT2D eigenvalue weighted by molar-refractivity contribution is 7.99. The molecule has 0 unspecified atom stereocenters. The van der Waals surface area contributed by atoms with E-state index in [0.29, 0.717) is 10.7 Å². The highest BCUT2D eigenvalue weighted by atomic mass is 32.2. The lowest BCUT2D eigenvalue weighted by Crippen LogP contribution is -2.17. The topological polar surface area (TPSA) is 51.2 Å². The maximum Gasteiger partial charge on any atom is 0.573 e. The van der Waals surface area contributed by atoms with Gasteiger partial charge in [-0.2, -0.15) is 0 Å². The summed E-state index contributed by atoms with van der Waals surface area (Å²) in [5, 5.41) is 4.35. The fraction of sp³-hybridized carbons (Fsp3) is 0.111. The molecule has 3 rings (SSSR count). The van der Waals surface area contributed by atoms with E-state index in [0.717, 1.165) is 23.0 Å². The van der Waals surface area contributed by atoms with Crippen LogP contribution >= 0.6 is 11.8 Å². The molecule has 0 saturated heterocycles. The van der Waals surface area contributed by atoms with Crippen LogP contribution in [0.3, 0.4) is 0 Å². The van der Waals surface area contributed by atoms with Gasteiger partial charge in [-0.05, 0) is 36.4 Å². The van der Waals surface area contributed by atoms with Gasteiger partial charge in [0.1, 0.15) is 5.75 Å². The van der Waals surface area contributed by atoms with Crippen molar-refractivity contribution in [2.45, 2.75) is 11.4 Å². The number of fused-ring (bicyclic) bond motifs is 1. The molecule has 2 aromatic carbocycles. The maximum atomic E-state index is 12.1. The Morgan fingerprint density at radius 2 is 1.77 bits per heavy atom. The molecule has 0 saturated carbocycles. The fourth-order valence-electron chi connectivity index (χ4n) is 2.20. The monoisotopic (exact) mass is 378 g/mol. The van der Waals surface area contributed by atoms with Crippen molar-refractivity contribution in [3.63, 3.8) is 0 Å². The van der Waals surface area contributed by atoms with Gasteiger partial charge < -0.3 is 10.1 Å². The Balaban J connectivity index is 1.55. The molecule has 3 aromatic rings. The number of pyridine rings is 1. The molecule has 0 atom stereocenters. The molecule has 0 aliphatic carbocycles. The van der Waals surface area contributed by atoms with Gasteiger partial charge in [-0.25, -0.2) is 4.98 Å². The van der Waals surface area contributed by atoms with E-state index in [-0.39, 0.29) is 17.4 Å². The Morgan fingerprint density at radius 1 is 1.04 bits per heavy atom. The first-order valence-electron chi connectivity index (χ1n) is 7.53. The highest BCUT2D eigenvalue weighted by Crippen LogP contribution is 2.24. The minimum atomic E-state index is -4.74. The van der Waals surface area contributed by atoms with Crippen LogP contribution in [0, 0.1) is 0 Å². The number of carbonyl (C=O) groups excluding carboxylic acids is 1. The van der Waals surface area contributed by atoms with Crippen LogP contribution in [0.15, 0.2) is 65.7 Å². The molecule has 8 heteroatoms. The van der Waals surface area contributed by atoms with Crippen LogP contribution in [0.1, 0.15) is 0 Å². The number of amides is 1. The summed E-state index contributed by atoms with van der Waals surface area (Å²) in [4.78, 5) is 16.5. The average Bonchev–Trinajstić information content (AvgIpc) is 2.60. The molecule has 1 N–H and O–H groups in total. The molecule has 0 spiro atoms. The van der Waals surface area contributed by atoms with E-state index < -0.39 is 6.36 Å². The van der Waals surface area contributed by atoms with Gasteiger partial charge in [0, 0.05) is 11.1 Å². The van der Waals surface area contributed by atoms with E-state index in [4.69, 9.17) is 0 Å². The van der Waals surface area contributed by atoms with E-state index >= 15 is 0 Å². The van der Waals surface area contributed by atoms with Gasteiger partial charge in [-0.15, -0.1) is 13.2 Å². The smallest absolute Gasteiger partial charge is 0.406 e. The van der Waals surface area contributed by atoms with E-state index in [9.17, 15) is 18.0 Å². The Kier molecular flexibility index (Phi) is 5.32. The molecular formula is C18H13F3N2O2S. The van der Waals surface area contributed by atoms with Gasteiger partial charge in [0.2, 0.25) is 5.91 Å². The summed E-state index contributed by atoms with van der Waals surface area (Å²) in [6.45, 7) is 0. The third-order valence-corrected chi connectivity index (χ3v) is 4.23. The number of benzene rings is 2. The molecule has 1 amide bonds. The van der Waals surface area contributed by atoms with Gasteiger partial charge in [-0.3, -0.25) is 4.79 Å². The largest absolute Gasteiger partial charge is 0.573 e. The number of para-hydroxylation sites is 1. The zero-order valence-electron chi connectivity index (χ0n) is 13.3. The van der Waals surface area contributed by atoms with Crippen molar-refractivity contribution in [3.05, 3.63) is 60.7 Å². The predicted octanol–water partition coefficient (Wildman–Crippen LogP) is 4.86. The van der Waals surface area contributed by atoms with Crippen molar-refractivity contribution in [1.82, 2.24) is 4.98 Å². The molecule has 0 fully saturated rings. The number of rotatable bonds is 5. The van der Waals surface area contributed by atoms with Crippen molar-refractivity contribution in [3.8, 4) is 5.75 Å². The van der Waals surface area contributed by atoms with Crippen LogP contribution in [0.4, 0.5) is 18.9 Å². The van der Waals surface area contributed by atoms with Crippen LogP contribution in [0.5, 0.6) is 5.75 Å². The number of carbonyl (C=O) groups is 1. The second-order valence-electron chi connectivity index (χ2n) is 5.25. The number of hydrogen-bond acceptors (Lipinski definition) is 4. The molecule has 1 aromatic heterocycles. The lowest BCUT2D eigenvalue weighted by atomic mass is 10.2. The van der Waals surface area contributed by atoms with Gasteiger partial charge in [0.15, 0.2) is 0 Å². The van der Waals surface area contributed by atoms with Gasteiger partial charge in [0.05, 0.1) is 16.3 Å². The summed E-state index contributed by atoms with van der Waals surface area (Å²) in [5.41, 5.74) is 1.23. The highest BCUT2D eigenvalue weighted by Gasteiger charge is 2.30. The Labute approximate surface area is 151 Å². The van der Waals surface area contributed by atoms with E-state index in [1.807, 2.05) is 36.4 Å². The van der Waals surface area contributed by atoms with Gasteiger partial charge in [-0.1, -0.05) is 36.0 Å². The predicted molar refractivity (Wildman–Crippen MR) is 94.2 cm³/mol. The molecule has 0 aliphatic rings. The SMILES string of the molecule is O=C(CSc1ccc2ccccc2n1)Nc1ccc(OC(F)(F)F)cc1. The first kappa shape index (κ1) is 18.1. The van der Waals surface area contributed by atoms with Crippen molar-refractivity contribution in [2.75, 3.05) is 11.1 Å².